The van der Waals surface area contributed by atoms with Gasteiger partial charge in [0.2, 0.25) is 0 Å². The predicted octanol–water partition coefficient (Wildman–Crippen LogP) is 3.15. The van der Waals surface area contributed by atoms with E-state index in [-0.39, 0.29) is 5.82 Å². The fourth-order valence-electron chi connectivity index (χ4n) is 2.43. The Hall–Kier alpha value is -1.58. The predicted molar refractivity (Wildman–Crippen MR) is 67.0 cm³/mol. The summed E-state index contributed by atoms with van der Waals surface area (Å²) >= 11 is 0. The molecule has 0 atom stereocenters. The number of hydrogen-bond acceptors (Lipinski definition) is 1. The standard InChI is InChI=1S/C14H18FNO2/c15-13-5-3-11(4-6-13)1-2-12-7-9-16(10-8-12)14(17)18/h3-6,12H,1-2,7-10H2,(H,17,18). The first-order valence-corrected chi connectivity index (χ1v) is 6.37. The molecule has 0 spiro atoms. The van der Waals surface area contributed by atoms with Gasteiger partial charge in [0.25, 0.3) is 0 Å². The molecule has 98 valence electrons. The summed E-state index contributed by atoms with van der Waals surface area (Å²) < 4.78 is 12.7. The molecule has 2 rings (SSSR count). The maximum Gasteiger partial charge on any atom is 0.407 e. The lowest BCUT2D eigenvalue weighted by Gasteiger charge is -2.29. The summed E-state index contributed by atoms with van der Waals surface area (Å²) in [7, 11) is 0. The zero-order chi connectivity index (χ0) is 13.0. The number of hydrogen-bond donors (Lipinski definition) is 1. The van der Waals surface area contributed by atoms with E-state index in [0.29, 0.717) is 19.0 Å². The lowest BCUT2D eigenvalue weighted by atomic mass is 9.91. The number of amides is 1. The summed E-state index contributed by atoms with van der Waals surface area (Å²) in [5.41, 5.74) is 1.15. The lowest BCUT2D eigenvalue weighted by molar-refractivity contribution is 0.123. The van der Waals surface area contributed by atoms with Crippen LogP contribution in [0.1, 0.15) is 24.8 Å². The molecular formula is C14H18FNO2. The molecule has 0 aliphatic carbocycles. The maximum absolute atomic E-state index is 12.7. The van der Waals surface area contributed by atoms with Crippen LogP contribution in [0.5, 0.6) is 0 Å². The van der Waals surface area contributed by atoms with Crippen molar-refractivity contribution in [2.75, 3.05) is 13.1 Å². The smallest absolute Gasteiger partial charge is 0.407 e. The molecule has 0 aromatic heterocycles. The van der Waals surface area contributed by atoms with Gasteiger partial charge < -0.3 is 10.0 Å². The SMILES string of the molecule is O=C(O)N1CCC(CCc2ccc(F)cc2)CC1. The van der Waals surface area contributed by atoms with Gasteiger partial charge in [-0.3, -0.25) is 0 Å². The zero-order valence-corrected chi connectivity index (χ0v) is 10.3. The Morgan fingerprint density at radius 1 is 1.28 bits per heavy atom. The van der Waals surface area contributed by atoms with Crippen molar-refractivity contribution in [3.8, 4) is 0 Å². The van der Waals surface area contributed by atoms with Crippen molar-refractivity contribution in [3.05, 3.63) is 35.6 Å². The largest absolute Gasteiger partial charge is 0.465 e. The Morgan fingerprint density at radius 3 is 2.44 bits per heavy atom. The summed E-state index contributed by atoms with van der Waals surface area (Å²) in [6, 6.07) is 6.62. The third-order valence-corrected chi connectivity index (χ3v) is 3.64. The molecule has 3 nitrogen and oxygen atoms in total. The van der Waals surface area contributed by atoms with E-state index in [1.165, 1.54) is 17.0 Å². The van der Waals surface area contributed by atoms with Gasteiger partial charge in [-0.05, 0) is 49.3 Å². The van der Waals surface area contributed by atoms with Gasteiger partial charge in [-0.25, -0.2) is 9.18 Å². The minimum atomic E-state index is -0.813. The molecule has 0 unspecified atom stereocenters. The Balaban J connectivity index is 1.75. The van der Waals surface area contributed by atoms with Crippen molar-refractivity contribution >= 4 is 6.09 Å². The van der Waals surface area contributed by atoms with Gasteiger partial charge in [0.1, 0.15) is 5.82 Å². The van der Waals surface area contributed by atoms with Crippen LogP contribution < -0.4 is 0 Å². The van der Waals surface area contributed by atoms with Crippen LogP contribution in [0, 0.1) is 11.7 Å². The number of aryl methyl sites for hydroxylation is 1. The van der Waals surface area contributed by atoms with Crippen LogP contribution in [-0.4, -0.2) is 29.2 Å². The first-order chi connectivity index (χ1) is 8.65. The number of piperidine rings is 1. The zero-order valence-electron chi connectivity index (χ0n) is 10.3. The fourth-order valence-corrected chi connectivity index (χ4v) is 2.43. The molecule has 1 aliphatic rings. The van der Waals surface area contributed by atoms with Crippen LogP contribution in [0.25, 0.3) is 0 Å². The molecule has 1 aliphatic heterocycles. The van der Waals surface area contributed by atoms with Crippen LogP contribution >= 0.6 is 0 Å². The van der Waals surface area contributed by atoms with Crippen molar-refractivity contribution < 1.29 is 14.3 Å². The molecule has 0 radical (unpaired) electrons. The molecule has 1 amide bonds. The monoisotopic (exact) mass is 251 g/mol. The van der Waals surface area contributed by atoms with E-state index in [2.05, 4.69) is 0 Å². The van der Waals surface area contributed by atoms with E-state index < -0.39 is 6.09 Å². The van der Waals surface area contributed by atoms with Gasteiger partial charge in [0, 0.05) is 13.1 Å². The molecular weight excluding hydrogens is 233 g/mol. The number of rotatable bonds is 3. The molecule has 1 saturated heterocycles. The van der Waals surface area contributed by atoms with Crippen molar-refractivity contribution in [2.24, 2.45) is 5.92 Å². The molecule has 1 aromatic carbocycles. The maximum atomic E-state index is 12.7. The second-order valence-electron chi connectivity index (χ2n) is 4.88. The third-order valence-electron chi connectivity index (χ3n) is 3.64. The summed E-state index contributed by atoms with van der Waals surface area (Å²) in [6.45, 7) is 1.28. The second kappa shape index (κ2) is 5.85. The van der Waals surface area contributed by atoms with Crippen LogP contribution in [0.15, 0.2) is 24.3 Å². The van der Waals surface area contributed by atoms with E-state index in [4.69, 9.17) is 5.11 Å². The Kier molecular flexibility index (Phi) is 4.18. The van der Waals surface area contributed by atoms with Gasteiger partial charge in [0.15, 0.2) is 0 Å². The van der Waals surface area contributed by atoms with Crippen molar-refractivity contribution in [3.63, 3.8) is 0 Å². The molecule has 0 bridgehead atoms. The van der Waals surface area contributed by atoms with Crippen LogP contribution in [0.3, 0.4) is 0 Å². The average molecular weight is 251 g/mol. The number of carbonyl (C=O) groups is 1. The number of benzene rings is 1. The van der Waals surface area contributed by atoms with Gasteiger partial charge in [-0.15, -0.1) is 0 Å². The Bertz CT molecular complexity index is 397. The third kappa shape index (κ3) is 3.45. The highest BCUT2D eigenvalue weighted by Gasteiger charge is 2.21. The first kappa shape index (κ1) is 12.9. The highest BCUT2D eigenvalue weighted by molar-refractivity contribution is 5.64. The topological polar surface area (TPSA) is 40.5 Å². The minimum Gasteiger partial charge on any atom is -0.465 e. The summed E-state index contributed by atoms with van der Waals surface area (Å²) in [4.78, 5) is 12.2. The lowest BCUT2D eigenvalue weighted by Crippen LogP contribution is -2.37. The van der Waals surface area contributed by atoms with E-state index in [1.807, 2.05) is 12.1 Å². The van der Waals surface area contributed by atoms with Crippen LogP contribution in [0.2, 0.25) is 0 Å². The van der Waals surface area contributed by atoms with Crippen molar-refractivity contribution in [1.29, 1.82) is 0 Å². The molecule has 1 N–H and O–H groups in total. The quantitative estimate of drug-likeness (QED) is 0.896. The molecule has 18 heavy (non-hydrogen) atoms. The highest BCUT2D eigenvalue weighted by atomic mass is 19.1. The number of nitrogens with zero attached hydrogens (tertiary/aromatic N) is 1. The van der Waals surface area contributed by atoms with E-state index in [0.717, 1.165) is 31.2 Å². The minimum absolute atomic E-state index is 0.200. The molecule has 0 saturated carbocycles. The molecule has 1 aromatic rings. The average Bonchev–Trinajstić information content (AvgIpc) is 2.38. The molecule has 1 fully saturated rings. The summed E-state index contributed by atoms with van der Waals surface area (Å²) in [5.74, 6) is 0.388. The van der Waals surface area contributed by atoms with Crippen LogP contribution in [-0.2, 0) is 6.42 Å². The highest BCUT2D eigenvalue weighted by Crippen LogP contribution is 2.22. The van der Waals surface area contributed by atoms with Crippen LogP contribution in [0.4, 0.5) is 9.18 Å². The first-order valence-electron chi connectivity index (χ1n) is 6.37. The van der Waals surface area contributed by atoms with Crippen molar-refractivity contribution in [2.45, 2.75) is 25.7 Å². The normalized spacial score (nSPS) is 16.8. The summed E-state index contributed by atoms with van der Waals surface area (Å²) in [5, 5.41) is 8.85. The van der Waals surface area contributed by atoms with Crippen molar-refractivity contribution in [1.82, 2.24) is 4.90 Å². The Labute approximate surface area is 106 Å². The van der Waals surface area contributed by atoms with E-state index >= 15 is 0 Å². The number of halogens is 1. The van der Waals surface area contributed by atoms with Gasteiger partial charge >= 0.3 is 6.09 Å². The summed E-state index contributed by atoms with van der Waals surface area (Å²) in [6.07, 6.45) is 3.06. The number of likely N-dealkylation sites (tertiary alicyclic amines) is 1. The Morgan fingerprint density at radius 2 is 1.89 bits per heavy atom. The van der Waals surface area contributed by atoms with Gasteiger partial charge in [-0.2, -0.15) is 0 Å². The molecule has 4 heteroatoms. The van der Waals surface area contributed by atoms with Gasteiger partial charge in [-0.1, -0.05) is 12.1 Å². The van der Waals surface area contributed by atoms with Gasteiger partial charge in [0.05, 0.1) is 0 Å². The number of carboxylic acid groups (broad SMARTS) is 1. The second-order valence-corrected chi connectivity index (χ2v) is 4.88. The van der Waals surface area contributed by atoms with E-state index in [1.54, 1.807) is 0 Å². The molecule has 1 heterocycles. The van der Waals surface area contributed by atoms with E-state index in [9.17, 15) is 9.18 Å². The fraction of sp³-hybridized carbons (Fsp3) is 0.500.